The van der Waals surface area contributed by atoms with Crippen LogP contribution >= 0.6 is 0 Å². The molecule has 1 N–H and O–H groups in total. The van der Waals surface area contributed by atoms with Gasteiger partial charge >= 0.3 is 0 Å². The second-order valence-electron chi connectivity index (χ2n) is 1.06. The van der Waals surface area contributed by atoms with Crippen molar-refractivity contribution >= 4 is 11.1 Å². The molecule has 2 nitrogen and oxygen atoms in total. The molecule has 0 fully saturated rings. The monoisotopic (exact) mass is 120 g/mol. The lowest BCUT2D eigenvalue weighted by Gasteiger charge is -1.78. The number of rotatable bonds is 2. The van der Waals surface area contributed by atoms with Gasteiger partial charge in [0.15, 0.2) is 11.1 Å². The van der Waals surface area contributed by atoms with E-state index in [1.54, 1.807) is 12.2 Å². The first-order valence-corrected chi connectivity index (χ1v) is 3.23. The Morgan fingerprint density at radius 1 is 1.86 bits per heavy atom. The maximum Gasteiger partial charge on any atom is 0.156 e. The van der Waals surface area contributed by atoms with Crippen molar-refractivity contribution in [2.45, 2.75) is 6.92 Å². The molecule has 0 amide bonds. The Morgan fingerprint density at radius 2 is 2.43 bits per heavy atom. The van der Waals surface area contributed by atoms with Crippen LogP contribution in [0.1, 0.15) is 6.92 Å². The summed E-state index contributed by atoms with van der Waals surface area (Å²) >= 11 is -1.65. The zero-order chi connectivity index (χ0) is 5.70. The lowest BCUT2D eigenvalue weighted by atomic mass is 10.6. The van der Waals surface area contributed by atoms with Crippen molar-refractivity contribution in [1.82, 2.24) is 0 Å². The Kier molecular flexibility index (Phi) is 3.93. The molecular formula is C4H8O2S. The number of hydrogen-bond donors (Lipinski definition) is 1. The van der Waals surface area contributed by atoms with Crippen LogP contribution in [0.25, 0.3) is 0 Å². The van der Waals surface area contributed by atoms with E-state index in [4.69, 9.17) is 4.55 Å². The zero-order valence-electron chi connectivity index (χ0n) is 4.13. The van der Waals surface area contributed by atoms with Crippen molar-refractivity contribution in [3.05, 3.63) is 12.2 Å². The third-order valence-electron chi connectivity index (χ3n) is 0.475. The summed E-state index contributed by atoms with van der Waals surface area (Å²) in [5.74, 6) is 0.247. The van der Waals surface area contributed by atoms with E-state index in [0.717, 1.165) is 0 Å². The summed E-state index contributed by atoms with van der Waals surface area (Å²) in [6, 6.07) is 0. The van der Waals surface area contributed by atoms with Gasteiger partial charge in [0.2, 0.25) is 0 Å². The van der Waals surface area contributed by atoms with Crippen molar-refractivity contribution in [3.8, 4) is 0 Å². The summed E-state index contributed by atoms with van der Waals surface area (Å²) in [7, 11) is 0. The number of hydrogen-bond acceptors (Lipinski definition) is 1. The first-order chi connectivity index (χ1) is 3.27. The van der Waals surface area contributed by atoms with Crippen molar-refractivity contribution in [2.24, 2.45) is 0 Å². The Balaban J connectivity index is 3.14. The lowest BCUT2D eigenvalue weighted by molar-refractivity contribution is 0.567. The van der Waals surface area contributed by atoms with Crippen molar-refractivity contribution in [3.63, 3.8) is 0 Å². The average Bonchev–Trinajstić information content (AvgIpc) is 1.61. The van der Waals surface area contributed by atoms with E-state index >= 15 is 0 Å². The van der Waals surface area contributed by atoms with Crippen LogP contribution in [0.4, 0.5) is 0 Å². The predicted octanol–water partition coefficient (Wildman–Crippen LogP) is 0.784. The Labute approximate surface area is 45.5 Å². The second-order valence-corrected chi connectivity index (χ2v) is 2.03. The molecular weight excluding hydrogens is 112 g/mol. The molecule has 0 radical (unpaired) electrons. The molecule has 0 bridgehead atoms. The minimum Gasteiger partial charge on any atom is -0.306 e. The van der Waals surface area contributed by atoms with E-state index in [2.05, 4.69) is 0 Å². The van der Waals surface area contributed by atoms with Crippen molar-refractivity contribution in [1.29, 1.82) is 0 Å². The molecule has 3 heteroatoms. The standard InChI is InChI=1S/C4H8O2S/c1-2-3-4-7(5)6/h2-3H,4H2,1H3,(H,5,6). The van der Waals surface area contributed by atoms with Crippen LogP contribution in [0.15, 0.2) is 12.2 Å². The number of allylic oxidation sites excluding steroid dienone is 1. The fraction of sp³-hybridized carbons (Fsp3) is 0.500. The summed E-state index contributed by atoms with van der Waals surface area (Å²) in [6.45, 7) is 1.81. The summed E-state index contributed by atoms with van der Waals surface area (Å²) in [6.07, 6.45) is 3.39. The predicted molar refractivity (Wildman–Crippen MR) is 30.5 cm³/mol. The van der Waals surface area contributed by atoms with Gasteiger partial charge in [0.1, 0.15) is 0 Å². The molecule has 0 aromatic carbocycles. The van der Waals surface area contributed by atoms with Gasteiger partial charge in [-0.15, -0.1) is 0 Å². The van der Waals surface area contributed by atoms with E-state index in [1.165, 1.54) is 0 Å². The molecule has 0 aromatic heterocycles. The SMILES string of the molecule is CC=CCS(=O)O. The molecule has 0 aromatic rings. The zero-order valence-corrected chi connectivity index (χ0v) is 4.94. The Hall–Kier alpha value is -0.150. The van der Waals surface area contributed by atoms with Crippen LogP contribution in [-0.2, 0) is 11.1 Å². The van der Waals surface area contributed by atoms with Crippen LogP contribution in [0.2, 0.25) is 0 Å². The quantitative estimate of drug-likeness (QED) is 0.432. The molecule has 0 rings (SSSR count). The Bertz CT molecular complexity index is 87.7. The molecule has 0 saturated carbocycles. The lowest BCUT2D eigenvalue weighted by Crippen LogP contribution is -1.88. The molecule has 0 aliphatic carbocycles. The fourth-order valence-corrected chi connectivity index (χ4v) is 0.536. The molecule has 7 heavy (non-hydrogen) atoms. The highest BCUT2D eigenvalue weighted by Gasteiger charge is 1.81. The highest BCUT2D eigenvalue weighted by Crippen LogP contribution is 1.74. The largest absolute Gasteiger partial charge is 0.306 e. The highest BCUT2D eigenvalue weighted by molar-refractivity contribution is 7.79. The fourth-order valence-electron chi connectivity index (χ4n) is 0.179. The first-order valence-electron chi connectivity index (χ1n) is 1.96. The summed E-state index contributed by atoms with van der Waals surface area (Å²) in [5.41, 5.74) is 0. The first kappa shape index (κ1) is 6.85. The summed E-state index contributed by atoms with van der Waals surface area (Å²) in [4.78, 5) is 0. The van der Waals surface area contributed by atoms with Gasteiger partial charge in [0.05, 0.1) is 5.75 Å². The van der Waals surface area contributed by atoms with E-state index in [0.29, 0.717) is 0 Å². The van der Waals surface area contributed by atoms with Crippen LogP contribution in [0.5, 0.6) is 0 Å². The van der Waals surface area contributed by atoms with E-state index in [9.17, 15) is 4.21 Å². The maximum absolute atomic E-state index is 9.82. The molecule has 1 unspecified atom stereocenters. The van der Waals surface area contributed by atoms with Crippen LogP contribution in [0, 0.1) is 0 Å². The van der Waals surface area contributed by atoms with E-state index in [-0.39, 0.29) is 5.75 Å². The average molecular weight is 120 g/mol. The third kappa shape index (κ3) is 5.85. The van der Waals surface area contributed by atoms with Gasteiger partial charge in [0.25, 0.3) is 0 Å². The van der Waals surface area contributed by atoms with Gasteiger partial charge in [-0.1, -0.05) is 12.2 Å². The topological polar surface area (TPSA) is 37.3 Å². The highest BCUT2D eigenvalue weighted by atomic mass is 32.2. The summed E-state index contributed by atoms with van der Waals surface area (Å²) < 4.78 is 17.9. The molecule has 0 heterocycles. The van der Waals surface area contributed by atoms with Gasteiger partial charge in [-0.25, -0.2) is 4.21 Å². The van der Waals surface area contributed by atoms with E-state index < -0.39 is 11.1 Å². The summed E-state index contributed by atoms with van der Waals surface area (Å²) in [5, 5.41) is 0. The van der Waals surface area contributed by atoms with Crippen molar-refractivity contribution in [2.75, 3.05) is 5.75 Å². The van der Waals surface area contributed by atoms with Crippen molar-refractivity contribution < 1.29 is 8.76 Å². The molecule has 42 valence electrons. The molecule has 1 atom stereocenters. The Morgan fingerprint density at radius 3 is 2.57 bits per heavy atom. The maximum atomic E-state index is 9.82. The second kappa shape index (κ2) is 4.02. The minimum absolute atomic E-state index is 0.247. The van der Waals surface area contributed by atoms with Gasteiger partial charge in [-0.2, -0.15) is 0 Å². The molecule has 0 aliphatic rings. The smallest absolute Gasteiger partial charge is 0.156 e. The van der Waals surface area contributed by atoms with Gasteiger partial charge in [0, 0.05) is 0 Å². The normalized spacial score (nSPS) is 15.1. The molecule has 0 saturated heterocycles. The van der Waals surface area contributed by atoms with E-state index in [1.807, 2.05) is 6.92 Å². The van der Waals surface area contributed by atoms with Crippen LogP contribution in [-0.4, -0.2) is 14.5 Å². The minimum atomic E-state index is -1.65. The van der Waals surface area contributed by atoms with Gasteiger partial charge < -0.3 is 4.55 Å². The van der Waals surface area contributed by atoms with Crippen LogP contribution < -0.4 is 0 Å². The molecule has 0 aliphatic heterocycles. The van der Waals surface area contributed by atoms with Gasteiger partial charge in [-0.3, -0.25) is 0 Å². The van der Waals surface area contributed by atoms with Gasteiger partial charge in [-0.05, 0) is 6.92 Å². The molecule has 0 spiro atoms. The van der Waals surface area contributed by atoms with Crippen LogP contribution in [0.3, 0.4) is 0 Å². The third-order valence-corrected chi connectivity index (χ3v) is 0.952.